The SMILES string of the molecule is C=CC(C)(CCC1C(=C)CCC2C(C)(C(=O)O)CCCC12C)OC(=C)C. The van der Waals surface area contributed by atoms with Gasteiger partial charge in [0.05, 0.1) is 11.2 Å². The van der Waals surface area contributed by atoms with Crippen LogP contribution in [0.2, 0.25) is 0 Å². The Morgan fingerprint density at radius 1 is 1.42 bits per heavy atom. The van der Waals surface area contributed by atoms with Crippen molar-refractivity contribution in [2.75, 3.05) is 0 Å². The first-order valence-electron chi connectivity index (χ1n) is 9.88. The predicted molar refractivity (Wildman–Crippen MR) is 107 cm³/mol. The molecule has 3 nitrogen and oxygen atoms in total. The monoisotopic (exact) mass is 360 g/mol. The lowest BCUT2D eigenvalue weighted by Gasteiger charge is -2.57. The highest BCUT2D eigenvalue weighted by Gasteiger charge is 2.57. The highest BCUT2D eigenvalue weighted by Crippen LogP contribution is 2.62. The summed E-state index contributed by atoms with van der Waals surface area (Å²) in [5, 5.41) is 9.93. The van der Waals surface area contributed by atoms with Crippen molar-refractivity contribution in [1.82, 2.24) is 0 Å². The molecular weight excluding hydrogens is 324 g/mol. The van der Waals surface area contributed by atoms with Gasteiger partial charge in [-0.2, -0.15) is 0 Å². The van der Waals surface area contributed by atoms with Crippen molar-refractivity contribution in [3.05, 3.63) is 37.1 Å². The predicted octanol–water partition coefficient (Wildman–Crippen LogP) is 6.13. The Labute approximate surface area is 159 Å². The third-order valence-corrected chi connectivity index (χ3v) is 7.28. The molecule has 5 atom stereocenters. The minimum Gasteiger partial charge on any atom is -0.489 e. The smallest absolute Gasteiger partial charge is 0.309 e. The molecule has 1 N–H and O–H groups in total. The number of carbonyl (C=O) groups is 1. The molecule has 0 bridgehead atoms. The largest absolute Gasteiger partial charge is 0.489 e. The van der Waals surface area contributed by atoms with E-state index in [0.717, 1.165) is 44.9 Å². The average Bonchev–Trinajstić information content (AvgIpc) is 2.53. The maximum absolute atomic E-state index is 12.1. The number of allylic oxidation sites excluding steroid dienone is 2. The van der Waals surface area contributed by atoms with E-state index in [2.05, 4.69) is 26.7 Å². The van der Waals surface area contributed by atoms with Crippen molar-refractivity contribution in [2.24, 2.45) is 22.7 Å². The van der Waals surface area contributed by atoms with Crippen molar-refractivity contribution in [3.8, 4) is 0 Å². The molecule has 26 heavy (non-hydrogen) atoms. The summed E-state index contributed by atoms with van der Waals surface area (Å²) in [7, 11) is 0. The summed E-state index contributed by atoms with van der Waals surface area (Å²) in [4.78, 5) is 12.1. The van der Waals surface area contributed by atoms with Gasteiger partial charge in [-0.05, 0) is 82.6 Å². The van der Waals surface area contributed by atoms with Gasteiger partial charge in [-0.3, -0.25) is 4.79 Å². The number of ether oxygens (including phenoxy) is 1. The van der Waals surface area contributed by atoms with Crippen molar-refractivity contribution in [3.63, 3.8) is 0 Å². The third kappa shape index (κ3) is 3.63. The molecule has 2 rings (SSSR count). The maximum atomic E-state index is 12.1. The van der Waals surface area contributed by atoms with Gasteiger partial charge in [0.25, 0.3) is 0 Å². The third-order valence-electron chi connectivity index (χ3n) is 7.28. The lowest BCUT2D eigenvalue weighted by atomic mass is 9.46. The standard InChI is InChI=1S/C23H36O3/c1-8-21(5,26-16(2)3)15-12-18-17(4)10-11-19-22(18,6)13-9-14-23(19,7)20(24)25/h8,18-19H,1-2,4,9-15H2,3,5-7H3,(H,24,25). The van der Waals surface area contributed by atoms with E-state index in [1.165, 1.54) is 5.57 Å². The Morgan fingerprint density at radius 2 is 2.08 bits per heavy atom. The molecule has 0 aromatic heterocycles. The molecule has 146 valence electrons. The van der Waals surface area contributed by atoms with Crippen molar-refractivity contribution in [2.45, 2.75) is 78.2 Å². The van der Waals surface area contributed by atoms with E-state index in [-0.39, 0.29) is 11.3 Å². The fraction of sp³-hybridized carbons (Fsp3) is 0.696. The zero-order valence-corrected chi connectivity index (χ0v) is 17.1. The maximum Gasteiger partial charge on any atom is 0.309 e. The molecule has 2 fully saturated rings. The molecule has 0 spiro atoms. The van der Waals surface area contributed by atoms with Crippen LogP contribution in [0, 0.1) is 22.7 Å². The number of carboxylic acids is 1. The highest BCUT2D eigenvalue weighted by atomic mass is 16.5. The summed E-state index contributed by atoms with van der Waals surface area (Å²) < 4.78 is 5.93. The van der Waals surface area contributed by atoms with Gasteiger partial charge >= 0.3 is 5.97 Å². The first-order chi connectivity index (χ1) is 12.0. The van der Waals surface area contributed by atoms with Crippen LogP contribution >= 0.6 is 0 Å². The number of rotatable bonds is 7. The van der Waals surface area contributed by atoms with Gasteiger partial charge in [-0.15, -0.1) is 0 Å². The Hall–Kier alpha value is -1.51. The van der Waals surface area contributed by atoms with E-state index in [9.17, 15) is 9.90 Å². The minimum absolute atomic E-state index is 0.00791. The molecule has 0 heterocycles. The van der Waals surface area contributed by atoms with Gasteiger partial charge in [0.2, 0.25) is 0 Å². The lowest BCUT2D eigenvalue weighted by Crippen LogP contribution is -2.53. The van der Waals surface area contributed by atoms with Gasteiger partial charge in [0.1, 0.15) is 5.60 Å². The molecule has 0 aromatic carbocycles. The van der Waals surface area contributed by atoms with Crippen LogP contribution in [0.5, 0.6) is 0 Å². The topological polar surface area (TPSA) is 46.5 Å². The lowest BCUT2D eigenvalue weighted by molar-refractivity contribution is -0.164. The quantitative estimate of drug-likeness (QED) is 0.439. The normalized spacial score (nSPS) is 36.5. The Balaban J connectivity index is 2.27. The second-order valence-electron chi connectivity index (χ2n) is 9.24. The molecule has 2 aliphatic rings. The Bertz CT molecular complexity index is 607. The zero-order valence-electron chi connectivity index (χ0n) is 17.1. The van der Waals surface area contributed by atoms with E-state index in [1.54, 1.807) is 0 Å². The van der Waals surface area contributed by atoms with Crippen LogP contribution < -0.4 is 0 Å². The van der Waals surface area contributed by atoms with Crippen molar-refractivity contribution < 1.29 is 14.6 Å². The van der Waals surface area contributed by atoms with Gasteiger partial charge < -0.3 is 9.84 Å². The summed E-state index contributed by atoms with van der Waals surface area (Å²) in [5.74, 6) is 0.582. The molecule has 0 aliphatic heterocycles. The summed E-state index contributed by atoms with van der Waals surface area (Å²) in [5.41, 5.74) is 0.203. The van der Waals surface area contributed by atoms with Gasteiger partial charge in [0, 0.05) is 0 Å². The summed E-state index contributed by atoms with van der Waals surface area (Å²) in [6.07, 6.45) is 8.34. The van der Waals surface area contributed by atoms with Gasteiger partial charge in [-0.1, -0.05) is 38.7 Å². The van der Waals surface area contributed by atoms with E-state index in [0.29, 0.717) is 11.7 Å². The Morgan fingerprint density at radius 3 is 2.62 bits per heavy atom. The fourth-order valence-corrected chi connectivity index (χ4v) is 5.76. The number of hydrogen-bond acceptors (Lipinski definition) is 2. The van der Waals surface area contributed by atoms with Crippen LogP contribution in [0.1, 0.15) is 72.6 Å². The number of fused-ring (bicyclic) bond motifs is 1. The molecule has 0 aromatic rings. The van der Waals surface area contributed by atoms with Crippen LogP contribution in [0.4, 0.5) is 0 Å². The first-order valence-corrected chi connectivity index (χ1v) is 9.88. The minimum atomic E-state index is -0.638. The zero-order chi connectivity index (χ0) is 19.8. The first kappa shape index (κ1) is 20.8. The molecule has 0 amide bonds. The fourth-order valence-electron chi connectivity index (χ4n) is 5.76. The van der Waals surface area contributed by atoms with Crippen LogP contribution in [-0.4, -0.2) is 16.7 Å². The molecule has 0 radical (unpaired) electrons. The van der Waals surface area contributed by atoms with Crippen LogP contribution in [0.15, 0.2) is 37.1 Å². The van der Waals surface area contributed by atoms with E-state index >= 15 is 0 Å². The second kappa shape index (κ2) is 7.25. The van der Waals surface area contributed by atoms with Crippen LogP contribution in [0.3, 0.4) is 0 Å². The van der Waals surface area contributed by atoms with Gasteiger partial charge in [0.15, 0.2) is 0 Å². The van der Waals surface area contributed by atoms with Crippen molar-refractivity contribution >= 4 is 5.97 Å². The summed E-state index contributed by atoms with van der Waals surface area (Å²) in [6.45, 7) is 20.4. The average molecular weight is 361 g/mol. The highest BCUT2D eigenvalue weighted by molar-refractivity contribution is 5.75. The van der Waals surface area contributed by atoms with E-state index < -0.39 is 17.0 Å². The van der Waals surface area contributed by atoms with E-state index in [4.69, 9.17) is 4.74 Å². The van der Waals surface area contributed by atoms with E-state index in [1.807, 2.05) is 26.8 Å². The summed E-state index contributed by atoms with van der Waals surface area (Å²) >= 11 is 0. The van der Waals surface area contributed by atoms with Gasteiger partial charge in [-0.25, -0.2) is 0 Å². The van der Waals surface area contributed by atoms with Crippen LogP contribution in [0.25, 0.3) is 0 Å². The molecule has 0 saturated heterocycles. The molecule has 2 aliphatic carbocycles. The molecular formula is C23H36O3. The van der Waals surface area contributed by atoms with Crippen molar-refractivity contribution in [1.29, 1.82) is 0 Å². The molecule has 2 saturated carbocycles. The number of aliphatic carboxylic acids is 1. The molecule has 3 heteroatoms. The summed E-state index contributed by atoms with van der Waals surface area (Å²) in [6, 6.07) is 0. The second-order valence-corrected chi connectivity index (χ2v) is 9.24. The number of carboxylic acid groups (broad SMARTS) is 1. The van der Waals surface area contributed by atoms with Crippen LogP contribution in [-0.2, 0) is 9.53 Å². The molecule has 5 unspecified atom stereocenters. The Kier molecular flexibility index (Phi) is 5.80. The number of hydrogen-bond donors (Lipinski definition) is 1.